The number of carboxylic acid groups (broad SMARTS) is 1. The highest BCUT2D eigenvalue weighted by Gasteiger charge is 2.04. The van der Waals surface area contributed by atoms with Gasteiger partial charge in [-0.2, -0.15) is 0 Å². The van der Waals surface area contributed by atoms with Crippen LogP contribution in [0.3, 0.4) is 0 Å². The number of hydrogen-bond donors (Lipinski definition) is 2. The molecule has 0 saturated carbocycles. The lowest BCUT2D eigenvalue weighted by molar-refractivity contribution is -0.137. The summed E-state index contributed by atoms with van der Waals surface area (Å²) in [5.41, 5.74) is 1.06. The second kappa shape index (κ2) is 6.75. The Morgan fingerprint density at radius 3 is 2.68 bits per heavy atom. The number of carbonyl (C=O) groups is 1. The van der Waals surface area contributed by atoms with Crippen LogP contribution in [-0.4, -0.2) is 17.6 Å². The van der Waals surface area contributed by atoms with E-state index < -0.39 is 5.97 Å². The molecule has 2 aromatic rings. The van der Waals surface area contributed by atoms with E-state index in [-0.39, 0.29) is 6.42 Å². The molecule has 4 heteroatoms. The lowest BCUT2D eigenvalue weighted by Gasteiger charge is -2.01. The van der Waals surface area contributed by atoms with Gasteiger partial charge in [-0.3, -0.25) is 4.79 Å². The number of furan rings is 1. The molecule has 0 atom stereocenters. The van der Waals surface area contributed by atoms with Crippen LogP contribution in [-0.2, 0) is 11.3 Å². The highest BCUT2D eigenvalue weighted by Crippen LogP contribution is 2.21. The summed E-state index contributed by atoms with van der Waals surface area (Å²) in [7, 11) is 0. The number of hydrogen-bond acceptors (Lipinski definition) is 3. The SMILES string of the molecule is O=C(O)CCCNCc1ccc(-c2ccccc2)o1. The monoisotopic (exact) mass is 259 g/mol. The van der Waals surface area contributed by atoms with Crippen molar-refractivity contribution >= 4 is 5.97 Å². The first-order valence-electron chi connectivity index (χ1n) is 6.32. The van der Waals surface area contributed by atoms with Gasteiger partial charge in [0.25, 0.3) is 0 Å². The molecule has 0 bridgehead atoms. The van der Waals surface area contributed by atoms with E-state index in [2.05, 4.69) is 5.32 Å². The zero-order valence-corrected chi connectivity index (χ0v) is 10.6. The number of rotatable bonds is 7. The molecule has 4 nitrogen and oxygen atoms in total. The Morgan fingerprint density at radius 1 is 1.16 bits per heavy atom. The third-order valence-corrected chi connectivity index (χ3v) is 2.76. The first-order valence-corrected chi connectivity index (χ1v) is 6.32. The van der Waals surface area contributed by atoms with E-state index in [1.165, 1.54) is 0 Å². The van der Waals surface area contributed by atoms with E-state index in [9.17, 15) is 4.79 Å². The van der Waals surface area contributed by atoms with Crippen molar-refractivity contribution < 1.29 is 14.3 Å². The molecule has 19 heavy (non-hydrogen) atoms. The van der Waals surface area contributed by atoms with Gasteiger partial charge in [-0.1, -0.05) is 30.3 Å². The molecule has 2 N–H and O–H groups in total. The molecule has 0 fully saturated rings. The molecular weight excluding hydrogens is 242 g/mol. The minimum Gasteiger partial charge on any atom is -0.481 e. The molecular formula is C15H17NO3. The molecule has 1 heterocycles. The number of benzene rings is 1. The van der Waals surface area contributed by atoms with Gasteiger partial charge in [-0.05, 0) is 25.1 Å². The van der Waals surface area contributed by atoms with Gasteiger partial charge in [0, 0.05) is 12.0 Å². The summed E-state index contributed by atoms with van der Waals surface area (Å²) in [5, 5.41) is 11.7. The lowest BCUT2D eigenvalue weighted by Crippen LogP contribution is -2.15. The maximum atomic E-state index is 10.3. The zero-order chi connectivity index (χ0) is 13.5. The van der Waals surface area contributed by atoms with Crippen molar-refractivity contribution in [3.8, 4) is 11.3 Å². The molecule has 100 valence electrons. The summed E-state index contributed by atoms with van der Waals surface area (Å²) in [6, 6.07) is 13.8. The summed E-state index contributed by atoms with van der Waals surface area (Å²) in [6.45, 7) is 1.29. The molecule has 0 spiro atoms. The molecule has 0 aliphatic heterocycles. The maximum Gasteiger partial charge on any atom is 0.303 e. The van der Waals surface area contributed by atoms with Crippen molar-refractivity contribution in [3.05, 3.63) is 48.2 Å². The van der Waals surface area contributed by atoms with Crippen molar-refractivity contribution in [1.29, 1.82) is 0 Å². The third kappa shape index (κ3) is 4.26. The van der Waals surface area contributed by atoms with E-state index in [0.717, 1.165) is 17.1 Å². The number of nitrogens with one attached hydrogen (secondary N) is 1. The average Bonchev–Trinajstić information content (AvgIpc) is 2.88. The van der Waals surface area contributed by atoms with Crippen LogP contribution in [0.15, 0.2) is 46.9 Å². The molecule has 0 amide bonds. The predicted octanol–water partition coefficient (Wildman–Crippen LogP) is 2.90. The van der Waals surface area contributed by atoms with Crippen LogP contribution >= 0.6 is 0 Å². The van der Waals surface area contributed by atoms with Crippen LogP contribution in [0.5, 0.6) is 0 Å². The lowest BCUT2D eigenvalue weighted by atomic mass is 10.2. The summed E-state index contributed by atoms with van der Waals surface area (Å²) < 4.78 is 5.72. The molecule has 0 saturated heterocycles. The molecule has 0 aliphatic rings. The third-order valence-electron chi connectivity index (χ3n) is 2.76. The van der Waals surface area contributed by atoms with E-state index in [4.69, 9.17) is 9.52 Å². The van der Waals surface area contributed by atoms with Crippen LogP contribution in [0.4, 0.5) is 0 Å². The van der Waals surface area contributed by atoms with Gasteiger partial charge in [0.2, 0.25) is 0 Å². The molecule has 0 aliphatic carbocycles. The second-order valence-corrected chi connectivity index (χ2v) is 4.31. The Hall–Kier alpha value is -2.07. The van der Waals surface area contributed by atoms with Crippen LogP contribution in [0.2, 0.25) is 0 Å². The predicted molar refractivity (Wildman–Crippen MR) is 72.7 cm³/mol. The summed E-state index contributed by atoms with van der Waals surface area (Å²) in [4.78, 5) is 10.3. The smallest absolute Gasteiger partial charge is 0.303 e. The zero-order valence-electron chi connectivity index (χ0n) is 10.6. The number of carboxylic acids is 1. The Kier molecular flexibility index (Phi) is 4.75. The van der Waals surface area contributed by atoms with Crippen molar-refractivity contribution in [1.82, 2.24) is 5.32 Å². The first kappa shape index (κ1) is 13.4. The minimum absolute atomic E-state index is 0.195. The largest absolute Gasteiger partial charge is 0.481 e. The topological polar surface area (TPSA) is 62.5 Å². The van der Waals surface area contributed by atoms with Gasteiger partial charge < -0.3 is 14.8 Å². The Morgan fingerprint density at radius 2 is 1.95 bits per heavy atom. The fourth-order valence-corrected chi connectivity index (χ4v) is 1.81. The van der Waals surface area contributed by atoms with E-state index >= 15 is 0 Å². The van der Waals surface area contributed by atoms with Crippen LogP contribution in [0.25, 0.3) is 11.3 Å². The minimum atomic E-state index is -0.758. The van der Waals surface area contributed by atoms with Gasteiger partial charge in [0.1, 0.15) is 11.5 Å². The molecule has 2 rings (SSSR count). The maximum absolute atomic E-state index is 10.3. The second-order valence-electron chi connectivity index (χ2n) is 4.31. The summed E-state index contributed by atoms with van der Waals surface area (Å²) in [5.74, 6) is 0.947. The van der Waals surface area contributed by atoms with Gasteiger partial charge in [-0.25, -0.2) is 0 Å². The fraction of sp³-hybridized carbons (Fsp3) is 0.267. The molecule has 0 unspecified atom stereocenters. The standard InChI is InChI=1S/C15H17NO3/c17-15(18)7-4-10-16-11-13-8-9-14(19-13)12-5-2-1-3-6-12/h1-3,5-6,8-9,16H,4,7,10-11H2,(H,17,18). The van der Waals surface area contributed by atoms with Crippen molar-refractivity contribution in [2.24, 2.45) is 0 Å². The quantitative estimate of drug-likeness (QED) is 0.750. The molecule has 0 radical (unpaired) electrons. The van der Waals surface area contributed by atoms with Crippen molar-refractivity contribution in [2.45, 2.75) is 19.4 Å². The Bertz CT molecular complexity index is 519. The molecule has 1 aromatic carbocycles. The van der Waals surface area contributed by atoms with Gasteiger partial charge in [0.05, 0.1) is 6.54 Å². The molecule has 1 aromatic heterocycles. The van der Waals surface area contributed by atoms with Crippen molar-refractivity contribution in [3.63, 3.8) is 0 Å². The summed E-state index contributed by atoms with van der Waals surface area (Å²) in [6.07, 6.45) is 0.821. The van der Waals surface area contributed by atoms with Gasteiger partial charge >= 0.3 is 5.97 Å². The van der Waals surface area contributed by atoms with Crippen LogP contribution < -0.4 is 5.32 Å². The van der Waals surface area contributed by atoms with E-state index in [1.54, 1.807) is 0 Å². The highest BCUT2D eigenvalue weighted by molar-refractivity contribution is 5.66. The van der Waals surface area contributed by atoms with E-state index in [0.29, 0.717) is 19.5 Å². The number of aliphatic carboxylic acids is 1. The fourth-order valence-electron chi connectivity index (χ4n) is 1.81. The van der Waals surface area contributed by atoms with Crippen molar-refractivity contribution in [2.75, 3.05) is 6.54 Å². The highest BCUT2D eigenvalue weighted by atomic mass is 16.4. The summed E-state index contributed by atoms with van der Waals surface area (Å²) >= 11 is 0. The van der Waals surface area contributed by atoms with Crippen LogP contribution in [0.1, 0.15) is 18.6 Å². The Labute approximate surface area is 112 Å². The average molecular weight is 259 g/mol. The van der Waals surface area contributed by atoms with Gasteiger partial charge in [0.15, 0.2) is 0 Å². The van der Waals surface area contributed by atoms with Crippen LogP contribution in [0, 0.1) is 0 Å². The normalized spacial score (nSPS) is 10.5. The Balaban J connectivity index is 1.80. The first-order chi connectivity index (χ1) is 9.25. The van der Waals surface area contributed by atoms with Gasteiger partial charge in [-0.15, -0.1) is 0 Å². The van der Waals surface area contributed by atoms with E-state index in [1.807, 2.05) is 42.5 Å².